The van der Waals surface area contributed by atoms with Gasteiger partial charge in [0, 0.05) is 28.8 Å². The zero-order valence-corrected chi connectivity index (χ0v) is 33.7. The smallest absolute Gasteiger partial charge is 0.243 e. The van der Waals surface area contributed by atoms with Gasteiger partial charge in [-0.15, -0.1) is 11.3 Å². The van der Waals surface area contributed by atoms with Crippen molar-refractivity contribution >= 4 is 61.7 Å². The van der Waals surface area contributed by atoms with Crippen LogP contribution in [0, 0.1) is 0 Å². The van der Waals surface area contributed by atoms with Gasteiger partial charge in [0.2, 0.25) is 29.5 Å². The molecule has 1 aromatic heterocycles. The van der Waals surface area contributed by atoms with Crippen LogP contribution < -0.4 is 43.4 Å². The van der Waals surface area contributed by atoms with Gasteiger partial charge < -0.3 is 43.4 Å². The minimum absolute atomic E-state index is 0.0749. The second kappa shape index (κ2) is 18.5. The molecule has 59 heavy (non-hydrogen) atoms. The number of thiophene rings is 1. The van der Waals surface area contributed by atoms with Crippen LogP contribution in [0.1, 0.15) is 41.7 Å². The minimum atomic E-state index is -1.29. The van der Waals surface area contributed by atoms with Gasteiger partial charge in [-0.05, 0) is 91.3 Å². The van der Waals surface area contributed by atoms with Crippen molar-refractivity contribution in [2.45, 2.75) is 74.1 Å². The number of fused-ring (bicyclic) bond motifs is 2. The highest BCUT2D eigenvalue weighted by atomic mass is 32.1. The molecular formula is C45H52N8O5S. The Labute approximate surface area is 347 Å². The lowest BCUT2D eigenvalue weighted by Gasteiger charge is -2.37. The lowest BCUT2D eigenvalue weighted by atomic mass is 9.87. The second-order valence-electron chi connectivity index (χ2n) is 15.7. The number of primary amides is 1. The molecule has 2 saturated heterocycles. The van der Waals surface area contributed by atoms with Crippen molar-refractivity contribution < 1.29 is 24.0 Å². The predicted octanol–water partition coefficient (Wildman–Crippen LogP) is 2.34. The summed E-state index contributed by atoms with van der Waals surface area (Å²) in [6.07, 6.45) is 1.75. The minimum Gasteiger partial charge on any atom is -0.368 e. The summed E-state index contributed by atoms with van der Waals surface area (Å²) in [4.78, 5) is 71.2. The standard InChI is InChI=1S/C45H52N8O5S/c46-42(57)45(19-23-49-24-20-45)53-41(56)35(25-29-9-2-1-3-10-29)50-39(54)36(27-31-14-8-13-30-11-4-6-15-34(30)31)51-40(55)37(52-43(58)44(47)17-21-48-22-18-44)28-33-26-32-12-5-7-16-38(32)59-33/h1-16,26,35-37,48-49H,17-25,27-28,47H2,(H2,46,57)(H,50,54)(H,51,55)(H,52,58)(H,53,56)/t35-,36+,37+/m0/s1. The van der Waals surface area contributed by atoms with E-state index in [0.717, 1.165) is 36.9 Å². The van der Waals surface area contributed by atoms with Crippen LogP contribution in [0.3, 0.4) is 0 Å². The van der Waals surface area contributed by atoms with Crippen molar-refractivity contribution in [1.29, 1.82) is 0 Å². The topological polar surface area (TPSA) is 210 Å². The molecule has 0 unspecified atom stereocenters. The lowest BCUT2D eigenvalue weighted by molar-refractivity contribution is -0.136. The summed E-state index contributed by atoms with van der Waals surface area (Å²) in [6.45, 7) is 2.11. The van der Waals surface area contributed by atoms with E-state index in [4.69, 9.17) is 11.5 Å². The number of rotatable bonds is 15. The molecule has 0 saturated carbocycles. The molecule has 0 spiro atoms. The van der Waals surface area contributed by atoms with Crippen LogP contribution in [0.5, 0.6) is 0 Å². The summed E-state index contributed by atoms with van der Waals surface area (Å²) in [5.74, 6) is -2.82. The Bertz CT molecular complexity index is 2270. The Morgan fingerprint density at radius 3 is 1.88 bits per heavy atom. The van der Waals surface area contributed by atoms with Crippen LogP contribution in [0.4, 0.5) is 0 Å². The number of carbonyl (C=O) groups excluding carboxylic acids is 5. The summed E-state index contributed by atoms with van der Waals surface area (Å²) in [7, 11) is 0. The molecule has 4 aromatic carbocycles. The first-order chi connectivity index (χ1) is 28.5. The number of hydrogen-bond acceptors (Lipinski definition) is 9. The highest BCUT2D eigenvalue weighted by molar-refractivity contribution is 7.19. The van der Waals surface area contributed by atoms with Crippen molar-refractivity contribution in [3.05, 3.63) is 119 Å². The number of piperidine rings is 2. The Kier molecular flexibility index (Phi) is 13.0. The van der Waals surface area contributed by atoms with Crippen molar-refractivity contribution in [2.75, 3.05) is 26.2 Å². The quantitative estimate of drug-likeness (QED) is 0.0785. The largest absolute Gasteiger partial charge is 0.368 e. The maximum Gasteiger partial charge on any atom is 0.243 e. The number of hydrogen-bond donors (Lipinski definition) is 8. The fourth-order valence-electron chi connectivity index (χ4n) is 8.06. The molecule has 14 heteroatoms. The third kappa shape index (κ3) is 9.97. The highest BCUT2D eigenvalue weighted by Gasteiger charge is 2.42. The molecule has 0 radical (unpaired) electrons. The van der Waals surface area contributed by atoms with E-state index in [9.17, 15) is 24.0 Å². The average molecular weight is 817 g/mol. The molecule has 7 rings (SSSR count). The number of benzene rings is 4. The summed E-state index contributed by atoms with van der Waals surface area (Å²) >= 11 is 1.53. The third-order valence-electron chi connectivity index (χ3n) is 11.6. The Morgan fingerprint density at radius 2 is 1.20 bits per heavy atom. The molecule has 2 aliphatic heterocycles. The van der Waals surface area contributed by atoms with E-state index in [-0.39, 0.29) is 19.3 Å². The zero-order valence-electron chi connectivity index (χ0n) is 32.9. The number of nitrogens with two attached hydrogens (primary N) is 2. The summed E-state index contributed by atoms with van der Waals surface area (Å²) in [6, 6.07) is 29.3. The van der Waals surface area contributed by atoms with Crippen molar-refractivity contribution in [3.8, 4) is 0 Å². The molecule has 2 fully saturated rings. The van der Waals surface area contributed by atoms with Gasteiger partial charge in [-0.1, -0.05) is 91.0 Å². The van der Waals surface area contributed by atoms with E-state index in [1.807, 2.05) is 103 Å². The van der Waals surface area contributed by atoms with Crippen molar-refractivity contribution in [3.63, 3.8) is 0 Å². The van der Waals surface area contributed by atoms with E-state index < -0.39 is 58.7 Å². The summed E-state index contributed by atoms with van der Waals surface area (Å²) in [5.41, 5.74) is 11.6. The summed E-state index contributed by atoms with van der Waals surface area (Å²) in [5, 5.41) is 21.1. The van der Waals surface area contributed by atoms with Crippen LogP contribution in [0.2, 0.25) is 0 Å². The normalized spacial score (nSPS) is 17.6. The molecule has 0 aliphatic carbocycles. The molecular weight excluding hydrogens is 765 g/mol. The fourth-order valence-corrected chi connectivity index (χ4v) is 9.17. The summed E-state index contributed by atoms with van der Waals surface area (Å²) < 4.78 is 1.04. The first kappa shape index (κ1) is 41.5. The molecule has 0 bridgehead atoms. The van der Waals surface area contributed by atoms with E-state index in [2.05, 4.69) is 31.9 Å². The second-order valence-corrected chi connectivity index (χ2v) is 16.9. The van der Waals surface area contributed by atoms with E-state index >= 15 is 0 Å². The molecule has 10 N–H and O–H groups in total. The van der Waals surface area contributed by atoms with Crippen LogP contribution in [0.15, 0.2) is 103 Å². The predicted molar refractivity (Wildman–Crippen MR) is 230 cm³/mol. The molecule has 308 valence electrons. The van der Waals surface area contributed by atoms with Crippen molar-refractivity contribution in [1.82, 2.24) is 31.9 Å². The van der Waals surface area contributed by atoms with Gasteiger partial charge >= 0.3 is 0 Å². The van der Waals surface area contributed by atoms with Gasteiger partial charge in [0.05, 0.1) is 5.54 Å². The zero-order chi connectivity index (χ0) is 41.4. The molecule has 3 heterocycles. The molecule has 5 amide bonds. The Hall–Kier alpha value is -5.67. The lowest BCUT2D eigenvalue weighted by Crippen LogP contribution is -2.65. The van der Waals surface area contributed by atoms with Crippen molar-refractivity contribution in [2.24, 2.45) is 11.5 Å². The van der Waals surface area contributed by atoms with Gasteiger partial charge in [-0.3, -0.25) is 24.0 Å². The molecule has 13 nitrogen and oxygen atoms in total. The third-order valence-corrected chi connectivity index (χ3v) is 12.7. The van der Waals surface area contributed by atoms with Gasteiger partial charge in [-0.2, -0.15) is 0 Å². The van der Waals surface area contributed by atoms with Gasteiger partial charge in [0.15, 0.2) is 0 Å². The number of amides is 5. The number of nitrogens with one attached hydrogen (secondary N) is 6. The first-order valence-corrected chi connectivity index (χ1v) is 21.1. The van der Waals surface area contributed by atoms with Gasteiger partial charge in [-0.25, -0.2) is 0 Å². The fraction of sp³-hybridized carbons (Fsp3) is 0.356. The van der Waals surface area contributed by atoms with Crippen LogP contribution in [0.25, 0.3) is 20.9 Å². The number of carbonyl (C=O) groups is 5. The van der Waals surface area contributed by atoms with Crippen LogP contribution >= 0.6 is 11.3 Å². The van der Waals surface area contributed by atoms with E-state index in [1.54, 1.807) is 0 Å². The first-order valence-electron chi connectivity index (χ1n) is 20.2. The maximum atomic E-state index is 14.7. The average Bonchev–Trinajstić information content (AvgIpc) is 3.66. The van der Waals surface area contributed by atoms with Gasteiger partial charge in [0.1, 0.15) is 23.7 Å². The van der Waals surface area contributed by atoms with Gasteiger partial charge in [0.25, 0.3) is 0 Å². The maximum absolute atomic E-state index is 14.7. The van der Waals surface area contributed by atoms with Crippen LogP contribution in [-0.2, 0) is 43.2 Å². The molecule has 3 atom stereocenters. The Balaban J connectivity index is 1.20. The van der Waals surface area contributed by atoms with E-state index in [1.165, 1.54) is 11.3 Å². The van der Waals surface area contributed by atoms with E-state index in [0.29, 0.717) is 51.9 Å². The molecule has 2 aliphatic rings. The monoisotopic (exact) mass is 816 g/mol. The molecule has 5 aromatic rings. The SMILES string of the molecule is NC(=O)C1(NC(=O)[C@H](Cc2ccccc2)NC(=O)[C@@H](Cc2cccc3ccccc23)NC(=O)[C@@H](Cc2cc3ccccc3s2)NC(=O)C2(N)CCNCC2)CCNCC1. The van der Waals surface area contributed by atoms with Crippen LogP contribution in [-0.4, -0.2) is 84.9 Å². The highest BCUT2D eigenvalue weighted by Crippen LogP contribution is 2.27. The Morgan fingerprint density at radius 1 is 0.627 bits per heavy atom.